The first-order valence-corrected chi connectivity index (χ1v) is 14.5. The average molecular weight is 582 g/mol. The van der Waals surface area contributed by atoms with E-state index >= 15 is 0 Å². The van der Waals surface area contributed by atoms with Gasteiger partial charge < -0.3 is 9.47 Å². The second-order valence-electron chi connectivity index (χ2n) is 10.4. The van der Waals surface area contributed by atoms with E-state index in [9.17, 15) is 0 Å². The SMILES string of the molecule is COc1cc(Cc2ccccc2Cl)ccc1C(c1ccc(Cc2ccccc2Cl)cc1OC)c1c(C)cccc1C. The summed E-state index contributed by atoms with van der Waals surface area (Å²) in [5.74, 6) is 1.58. The number of benzene rings is 5. The summed E-state index contributed by atoms with van der Waals surface area (Å²) >= 11 is 13.0. The van der Waals surface area contributed by atoms with Crippen LogP contribution in [0.15, 0.2) is 103 Å². The van der Waals surface area contributed by atoms with E-state index in [0.717, 1.165) is 67.8 Å². The molecule has 41 heavy (non-hydrogen) atoms. The predicted molar refractivity (Wildman–Crippen MR) is 171 cm³/mol. The van der Waals surface area contributed by atoms with E-state index < -0.39 is 0 Å². The van der Waals surface area contributed by atoms with Crippen molar-refractivity contribution in [3.8, 4) is 11.5 Å². The van der Waals surface area contributed by atoms with Gasteiger partial charge in [-0.3, -0.25) is 0 Å². The fraction of sp³-hybridized carbons (Fsp3) is 0.189. The molecule has 0 aliphatic heterocycles. The van der Waals surface area contributed by atoms with Crippen molar-refractivity contribution in [1.29, 1.82) is 0 Å². The highest BCUT2D eigenvalue weighted by Crippen LogP contribution is 2.44. The minimum absolute atomic E-state index is 0.0928. The van der Waals surface area contributed by atoms with E-state index in [-0.39, 0.29) is 5.92 Å². The van der Waals surface area contributed by atoms with Crippen LogP contribution in [-0.2, 0) is 12.8 Å². The third-order valence-electron chi connectivity index (χ3n) is 7.75. The highest BCUT2D eigenvalue weighted by Gasteiger charge is 2.27. The van der Waals surface area contributed by atoms with Crippen LogP contribution in [0.4, 0.5) is 0 Å². The van der Waals surface area contributed by atoms with Gasteiger partial charge in [-0.1, -0.05) is 102 Å². The maximum atomic E-state index is 6.48. The molecule has 0 spiro atoms. The molecule has 0 aliphatic carbocycles. The molecule has 0 saturated carbocycles. The van der Waals surface area contributed by atoms with Gasteiger partial charge in [-0.25, -0.2) is 0 Å². The van der Waals surface area contributed by atoms with E-state index in [1.54, 1.807) is 14.2 Å². The Balaban J connectivity index is 1.62. The van der Waals surface area contributed by atoms with Crippen LogP contribution < -0.4 is 9.47 Å². The lowest BCUT2D eigenvalue weighted by atomic mass is 9.79. The van der Waals surface area contributed by atoms with Crippen molar-refractivity contribution in [3.05, 3.63) is 163 Å². The van der Waals surface area contributed by atoms with Gasteiger partial charge in [-0.15, -0.1) is 0 Å². The molecule has 0 radical (unpaired) electrons. The van der Waals surface area contributed by atoms with Crippen molar-refractivity contribution in [2.24, 2.45) is 0 Å². The van der Waals surface area contributed by atoms with Crippen LogP contribution in [0.5, 0.6) is 11.5 Å². The molecule has 2 nitrogen and oxygen atoms in total. The molecule has 0 fully saturated rings. The van der Waals surface area contributed by atoms with Crippen LogP contribution in [0, 0.1) is 13.8 Å². The fourth-order valence-electron chi connectivity index (χ4n) is 5.69. The summed E-state index contributed by atoms with van der Waals surface area (Å²) in [4.78, 5) is 0. The first-order chi connectivity index (χ1) is 19.9. The second-order valence-corrected chi connectivity index (χ2v) is 11.2. The lowest BCUT2D eigenvalue weighted by molar-refractivity contribution is 0.402. The Morgan fingerprint density at radius 1 is 0.561 bits per heavy atom. The van der Waals surface area contributed by atoms with Crippen LogP contribution in [0.1, 0.15) is 56.0 Å². The quantitative estimate of drug-likeness (QED) is 0.161. The Hall–Kier alpha value is -3.72. The largest absolute Gasteiger partial charge is 0.496 e. The molecular formula is C37H34Cl2O2. The molecule has 0 bridgehead atoms. The Labute approximate surface area is 253 Å². The van der Waals surface area contributed by atoms with Crippen molar-refractivity contribution in [2.75, 3.05) is 14.2 Å². The predicted octanol–water partition coefficient (Wildman–Crippen LogP) is 9.99. The lowest BCUT2D eigenvalue weighted by Gasteiger charge is -2.27. The number of hydrogen-bond acceptors (Lipinski definition) is 2. The van der Waals surface area contributed by atoms with Gasteiger partial charge in [0.25, 0.3) is 0 Å². The Bertz CT molecular complexity index is 1560. The van der Waals surface area contributed by atoms with Crippen LogP contribution in [0.3, 0.4) is 0 Å². The third-order valence-corrected chi connectivity index (χ3v) is 8.49. The molecule has 0 amide bonds. The van der Waals surface area contributed by atoms with Crippen molar-refractivity contribution >= 4 is 23.2 Å². The second kappa shape index (κ2) is 12.9. The maximum absolute atomic E-state index is 6.48. The summed E-state index contributed by atoms with van der Waals surface area (Å²) in [6, 6.07) is 35.4. The molecule has 208 valence electrons. The van der Waals surface area contributed by atoms with Crippen LogP contribution in [-0.4, -0.2) is 14.2 Å². The normalized spacial score (nSPS) is 11.1. The third kappa shape index (κ3) is 6.30. The van der Waals surface area contributed by atoms with Crippen LogP contribution in [0.25, 0.3) is 0 Å². The first-order valence-electron chi connectivity index (χ1n) is 13.8. The zero-order valence-corrected chi connectivity index (χ0v) is 25.4. The van der Waals surface area contributed by atoms with E-state index in [2.05, 4.69) is 80.6 Å². The summed E-state index contributed by atoms with van der Waals surface area (Å²) in [6.45, 7) is 4.34. The molecule has 5 aromatic rings. The number of aryl methyl sites for hydroxylation is 2. The number of ether oxygens (including phenoxy) is 2. The average Bonchev–Trinajstić information content (AvgIpc) is 2.98. The molecule has 0 atom stereocenters. The van der Waals surface area contributed by atoms with Crippen molar-refractivity contribution in [1.82, 2.24) is 0 Å². The first kappa shape index (κ1) is 28.8. The van der Waals surface area contributed by atoms with Gasteiger partial charge in [0, 0.05) is 27.1 Å². The molecule has 5 aromatic carbocycles. The molecule has 0 unspecified atom stereocenters. The smallest absolute Gasteiger partial charge is 0.123 e. The molecule has 4 heteroatoms. The molecular weight excluding hydrogens is 547 g/mol. The van der Waals surface area contributed by atoms with Gasteiger partial charge in [0.1, 0.15) is 11.5 Å². The van der Waals surface area contributed by atoms with Crippen molar-refractivity contribution in [2.45, 2.75) is 32.6 Å². The molecule has 0 heterocycles. The minimum atomic E-state index is -0.0928. The highest BCUT2D eigenvalue weighted by molar-refractivity contribution is 6.31. The Kier molecular flexibility index (Phi) is 9.03. The minimum Gasteiger partial charge on any atom is -0.496 e. The zero-order chi connectivity index (χ0) is 28.9. The summed E-state index contributed by atoms with van der Waals surface area (Å²) < 4.78 is 12.1. The number of halogens is 2. The van der Waals surface area contributed by atoms with Gasteiger partial charge >= 0.3 is 0 Å². The molecule has 5 rings (SSSR count). The lowest BCUT2D eigenvalue weighted by Crippen LogP contribution is -2.11. The molecule has 0 saturated heterocycles. The summed E-state index contributed by atoms with van der Waals surface area (Å²) in [5, 5.41) is 1.54. The maximum Gasteiger partial charge on any atom is 0.123 e. The fourth-order valence-corrected chi connectivity index (χ4v) is 6.10. The molecule has 0 N–H and O–H groups in total. The topological polar surface area (TPSA) is 18.5 Å². The van der Waals surface area contributed by atoms with E-state index in [1.807, 2.05) is 36.4 Å². The number of hydrogen-bond donors (Lipinski definition) is 0. The Morgan fingerprint density at radius 3 is 1.41 bits per heavy atom. The molecule has 0 aliphatic rings. The summed E-state index contributed by atoms with van der Waals surface area (Å²) in [7, 11) is 3.48. The molecule has 0 aromatic heterocycles. The number of rotatable bonds is 9. The highest BCUT2D eigenvalue weighted by atomic mass is 35.5. The Morgan fingerprint density at radius 2 is 1.00 bits per heavy atom. The summed E-state index contributed by atoms with van der Waals surface area (Å²) in [6.07, 6.45) is 1.45. The van der Waals surface area contributed by atoms with Gasteiger partial charge in [-0.05, 0) is 89.9 Å². The van der Waals surface area contributed by atoms with E-state index in [4.69, 9.17) is 32.7 Å². The summed E-state index contributed by atoms with van der Waals surface area (Å²) in [5.41, 5.74) is 10.3. The number of methoxy groups -OCH3 is 2. The van der Waals surface area contributed by atoms with Crippen molar-refractivity contribution < 1.29 is 9.47 Å². The van der Waals surface area contributed by atoms with Gasteiger partial charge in [0.05, 0.1) is 14.2 Å². The van der Waals surface area contributed by atoms with Gasteiger partial charge in [0.2, 0.25) is 0 Å². The van der Waals surface area contributed by atoms with Crippen LogP contribution in [0.2, 0.25) is 10.0 Å². The van der Waals surface area contributed by atoms with Gasteiger partial charge in [-0.2, -0.15) is 0 Å². The van der Waals surface area contributed by atoms with Gasteiger partial charge in [0.15, 0.2) is 0 Å². The van der Waals surface area contributed by atoms with E-state index in [1.165, 1.54) is 16.7 Å². The monoisotopic (exact) mass is 580 g/mol. The zero-order valence-electron chi connectivity index (χ0n) is 23.9. The van der Waals surface area contributed by atoms with E-state index in [0.29, 0.717) is 0 Å². The van der Waals surface area contributed by atoms with Crippen LogP contribution >= 0.6 is 23.2 Å². The van der Waals surface area contributed by atoms with Crippen molar-refractivity contribution in [3.63, 3.8) is 0 Å². The standard InChI is InChI=1S/C37H34Cl2O2/c1-24-10-9-11-25(2)36(24)37(30-18-16-26(22-34(30)40-3)20-28-12-5-7-14-32(28)38)31-19-17-27(23-35(31)41-4)21-29-13-6-8-15-33(29)39/h5-19,22-23,37H,20-21H2,1-4H3.